The van der Waals surface area contributed by atoms with E-state index in [2.05, 4.69) is 15.4 Å². The van der Waals surface area contributed by atoms with Gasteiger partial charge in [0, 0.05) is 15.7 Å². The maximum Gasteiger partial charge on any atom is 0.295 e. The van der Waals surface area contributed by atoms with E-state index in [4.69, 9.17) is 34.8 Å². The summed E-state index contributed by atoms with van der Waals surface area (Å²) in [7, 11) is 0. The van der Waals surface area contributed by atoms with Gasteiger partial charge in [0.2, 0.25) is 5.82 Å². The third-order valence-corrected chi connectivity index (χ3v) is 4.02. The highest BCUT2D eigenvalue weighted by atomic mass is 35.5. The van der Waals surface area contributed by atoms with Crippen LogP contribution in [0.25, 0.3) is 5.69 Å². The minimum Gasteiger partial charge on any atom is -0.319 e. The molecule has 24 heavy (non-hydrogen) atoms. The quantitative estimate of drug-likeness (QED) is 0.709. The van der Waals surface area contributed by atoms with Crippen molar-refractivity contribution in [1.29, 1.82) is 0 Å². The van der Waals surface area contributed by atoms with Crippen molar-refractivity contribution in [3.05, 3.63) is 69.2 Å². The Morgan fingerprint density at radius 1 is 1.04 bits per heavy atom. The van der Waals surface area contributed by atoms with Crippen molar-refractivity contribution in [1.82, 2.24) is 14.8 Å². The van der Waals surface area contributed by atoms with Crippen LogP contribution in [-0.2, 0) is 0 Å². The Morgan fingerprint density at radius 2 is 1.71 bits per heavy atom. The minimum atomic E-state index is -0.433. The molecule has 0 aliphatic carbocycles. The number of carbonyl (C=O) groups is 1. The zero-order valence-corrected chi connectivity index (χ0v) is 14.7. The number of amides is 1. The third-order valence-electron chi connectivity index (χ3n) is 3.21. The van der Waals surface area contributed by atoms with E-state index < -0.39 is 5.91 Å². The van der Waals surface area contributed by atoms with Crippen LogP contribution in [-0.4, -0.2) is 20.7 Å². The number of hydrogen-bond acceptors (Lipinski definition) is 3. The first-order valence-electron chi connectivity index (χ1n) is 6.90. The molecule has 1 aromatic heterocycles. The van der Waals surface area contributed by atoms with E-state index in [1.54, 1.807) is 49.4 Å². The van der Waals surface area contributed by atoms with Crippen LogP contribution in [0.5, 0.6) is 0 Å². The second kappa shape index (κ2) is 6.81. The predicted molar refractivity (Wildman–Crippen MR) is 95.5 cm³/mol. The van der Waals surface area contributed by atoms with Gasteiger partial charge < -0.3 is 5.32 Å². The summed E-state index contributed by atoms with van der Waals surface area (Å²) in [5, 5.41) is 8.48. The summed E-state index contributed by atoms with van der Waals surface area (Å²) in [5.74, 6) is 0.108. The molecule has 0 aliphatic rings. The average Bonchev–Trinajstić information content (AvgIpc) is 2.94. The first kappa shape index (κ1) is 16.8. The second-order valence-electron chi connectivity index (χ2n) is 4.95. The molecule has 5 nitrogen and oxygen atoms in total. The number of hydrogen-bond donors (Lipinski definition) is 1. The van der Waals surface area contributed by atoms with Crippen molar-refractivity contribution >= 4 is 46.4 Å². The highest BCUT2D eigenvalue weighted by Gasteiger charge is 2.17. The summed E-state index contributed by atoms with van der Waals surface area (Å²) < 4.78 is 1.48. The SMILES string of the molecule is Cc1nc(C(=O)Nc2ccc(Cl)cc2)nn1-c1cc(Cl)ccc1Cl. The fourth-order valence-electron chi connectivity index (χ4n) is 2.08. The molecule has 122 valence electrons. The normalized spacial score (nSPS) is 10.7. The highest BCUT2D eigenvalue weighted by Crippen LogP contribution is 2.24. The molecular weight excluding hydrogens is 371 g/mol. The first-order chi connectivity index (χ1) is 11.4. The first-order valence-corrected chi connectivity index (χ1v) is 8.03. The predicted octanol–water partition coefficient (Wildman–Crippen LogP) is 4.79. The van der Waals surface area contributed by atoms with Gasteiger partial charge in [-0.25, -0.2) is 9.67 Å². The maximum absolute atomic E-state index is 12.3. The highest BCUT2D eigenvalue weighted by molar-refractivity contribution is 6.34. The summed E-state index contributed by atoms with van der Waals surface area (Å²) in [4.78, 5) is 16.5. The van der Waals surface area contributed by atoms with Crippen molar-refractivity contribution in [2.45, 2.75) is 6.92 Å². The molecule has 3 aromatic rings. The van der Waals surface area contributed by atoms with Crippen molar-refractivity contribution in [2.75, 3.05) is 5.32 Å². The van der Waals surface area contributed by atoms with Gasteiger partial charge >= 0.3 is 0 Å². The Kier molecular flexibility index (Phi) is 4.76. The van der Waals surface area contributed by atoms with Crippen LogP contribution < -0.4 is 5.32 Å². The molecule has 0 spiro atoms. The molecule has 0 saturated heterocycles. The van der Waals surface area contributed by atoms with Crippen molar-refractivity contribution in [3.63, 3.8) is 0 Å². The van der Waals surface area contributed by atoms with Gasteiger partial charge in [0.1, 0.15) is 5.82 Å². The Bertz CT molecular complexity index is 906. The van der Waals surface area contributed by atoms with E-state index in [1.807, 2.05) is 0 Å². The van der Waals surface area contributed by atoms with Gasteiger partial charge in [-0.3, -0.25) is 4.79 Å². The zero-order valence-electron chi connectivity index (χ0n) is 12.4. The molecule has 1 N–H and O–H groups in total. The minimum absolute atomic E-state index is 0.0264. The van der Waals surface area contributed by atoms with Crippen LogP contribution in [0.1, 0.15) is 16.4 Å². The molecule has 0 atom stereocenters. The summed E-state index contributed by atoms with van der Waals surface area (Å²) in [6.45, 7) is 1.73. The monoisotopic (exact) mass is 380 g/mol. The Labute approximate surface area is 153 Å². The van der Waals surface area contributed by atoms with Gasteiger partial charge in [-0.1, -0.05) is 34.8 Å². The van der Waals surface area contributed by atoms with E-state index in [-0.39, 0.29) is 5.82 Å². The molecule has 1 amide bonds. The lowest BCUT2D eigenvalue weighted by atomic mass is 10.3. The summed E-state index contributed by atoms with van der Waals surface area (Å²) in [6, 6.07) is 11.7. The molecular formula is C16H11Cl3N4O. The Balaban J connectivity index is 1.89. The zero-order chi connectivity index (χ0) is 17.3. The largest absolute Gasteiger partial charge is 0.319 e. The fraction of sp³-hybridized carbons (Fsp3) is 0.0625. The van der Waals surface area contributed by atoms with E-state index in [0.717, 1.165) is 0 Å². The van der Waals surface area contributed by atoms with E-state index >= 15 is 0 Å². The maximum atomic E-state index is 12.3. The lowest BCUT2D eigenvalue weighted by molar-refractivity contribution is 0.101. The molecule has 0 unspecified atom stereocenters. The number of aryl methyl sites for hydroxylation is 1. The average molecular weight is 382 g/mol. The molecule has 0 bridgehead atoms. The van der Waals surface area contributed by atoms with E-state index in [9.17, 15) is 4.79 Å². The summed E-state index contributed by atoms with van der Waals surface area (Å²) in [5.41, 5.74) is 1.15. The number of nitrogens with one attached hydrogen (secondary N) is 1. The van der Waals surface area contributed by atoms with Crippen LogP contribution in [0.15, 0.2) is 42.5 Å². The van der Waals surface area contributed by atoms with Crippen LogP contribution in [0.2, 0.25) is 15.1 Å². The van der Waals surface area contributed by atoms with Gasteiger partial charge in [0.25, 0.3) is 5.91 Å². The molecule has 0 fully saturated rings. The van der Waals surface area contributed by atoms with E-state index in [1.165, 1.54) is 4.68 Å². The standard InChI is InChI=1S/C16H11Cl3N4O/c1-9-20-15(16(24)21-12-5-2-10(17)3-6-12)22-23(9)14-8-11(18)4-7-13(14)19/h2-8H,1H3,(H,21,24). The van der Waals surface area contributed by atoms with Crippen LogP contribution in [0.4, 0.5) is 5.69 Å². The Morgan fingerprint density at radius 3 is 2.42 bits per heavy atom. The van der Waals surface area contributed by atoms with Gasteiger partial charge in [0.05, 0.1) is 10.7 Å². The van der Waals surface area contributed by atoms with Crippen LogP contribution in [0, 0.1) is 6.92 Å². The van der Waals surface area contributed by atoms with Gasteiger partial charge in [-0.2, -0.15) is 0 Å². The number of benzene rings is 2. The lowest BCUT2D eigenvalue weighted by Crippen LogP contribution is -2.14. The molecule has 3 rings (SSSR count). The molecule has 0 aliphatic heterocycles. The Hall–Kier alpha value is -2.08. The van der Waals surface area contributed by atoms with Gasteiger partial charge in [-0.15, -0.1) is 5.10 Å². The molecule has 1 heterocycles. The van der Waals surface area contributed by atoms with Gasteiger partial charge in [-0.05, 0) is 49.4 Å². The van der Waals surface area contributed by atoms with Crippen molar-refractivity contribution < 1.29 is 4.79 Å². The van der Waals surface area contributed by atoms with E-state index in [0.29, 0.717) is 32.3 Å². The van der Waals surface area contributed by atoms with Crippen LogP contribution >= 0.6 is 34.8 Å². The number of anilines is 1. The number of nitrogens with zero attached hydrogens (tertiary/aromatic N) is 3. The molecule has 2 aromatic carbocycles. The molecule has 0 radical (unpaired) electrons. The van der Waals surface area contributed by atoms with Crippen molar-refractivity contribution in [3.8, 4) is 5.69 Å². The number of aromatic nitrogens is 3. The lowest BCUT2D eigenvalue weighted by Gasteiger charge is -2.05. The number of halogens is 3. The van der Waals surface area contributed by atoms with Gasteiger partial charge in [0.15, 0.2) is 0 Å². The number of rotatable bonds is 3. The summed E-state index contributed by atoms with van der Waals surface area (Å²) >= 11 is 18.0. The van der Waals surface area contributed by atoms with Crippen molar-refractivity contribution in [2.24, 2.45) is 0 Å². The fourth-order valence-corrected chi connectivity index (χ4v) is 2.57. The molecule has 0 saturated carbocycles. The molecule has 8 heteroatoms. The van der Waals surface area contributed by atoms with Crippen LogP contribution in [0.3, 0.4) is 0 Å². The smallest absolute Gasteiger partial charge is 0.295 e. The second-order valence-corrected chi connectivity index (χ2v) is 6.23. The number of carbonyl (C=O) groups excluding carboxylic acids is 1. The third kappa shape index (κ3) is 3.53. The topological polar surface area (TPSA) is 59.8 Å². The summed E-state index contributed by atoms with van der Waals surface area (Å²) in [6.07, 6.45) is 0.